The third-order valence-corrected chi connectivity index (χ3v) is 18.1. The number of fused-ring (bicyclic) bond motifs is 3. The monoisotopic (exact) mass is 727 g/mol. The van der Waals surface area contributed by atoms with Crippen LogP contribution in [0.15, 0.2) is 36.5 Å². The summed E-state index contributed by atoms with van der Waals surface area (Å²) in [5.74, 6) is 4.42. The van der Waals surface area contributed by atoms with Crippen LogP contribution >= 0.6 is 0 Å². The van der Waals surface area contributed by atoms with Crippen LogP contribution in [0.2, 0.25) is 16.6 Å². The van der Waals surface area contributed by atoms with E-state index in [-0.39, 0.29) is 24.2 Å². The van der Waals surface area contributed by atoms with Crippen molar-refractivity contribution in [2.45, 2.75) is 95.6 Å². The van der Waals surface area contributed by atoms with E-state index in [9.17, 15) is 4.39 Å². The fourth-order valence-electron chi connectivity index (χ4n) is 9.17. The molecule has 0 N–H and O–H groups in total. The van der Waals surface area contributed by atoms with Gasteiger partial charge in [0.05, 0.1) is 27.7 Å². The zero-order valence-corrected chi connectivity index (χ0v) is 32.6. The Morgan fingerprint density at radius 3 is 2.44 bits per heavy atom. The number of rotatable bonds is 11. The van der Waals surface area contributed by atoms with E-state index in [1.807, 2.05) is 18.2 Å². The summed E-state index contributed by atoms with van der Waals surface area (Å²) in [6, 6.07) is 9.25. The molecule has 7 rings (SSSR count). The van der Waals surface area contributed by atoms with Gasteiger partial charge in [0, 0.05) is 50.3 Å². The van der Waals surface area contributed by atoms with Crippen molar-refractivity contribution in [3.8, 4) is 34.5 Å². The number of benzene rings is 2. The third kappa shape index (κ3) is 6.52. The highest BCUT2D eigenvalue weighted by Gasteiger charge is 2.49. The molecular formula is C41H51F2N5O3Si. The summed E-state index contributed by atoms with van der Waals surface area (Å²) in [5.41, 5.74) is 6.98. The van der Waals surface area contributed by atoms with Crippen LogP contribution in [-0.2, 0) is 4.74 Å². The summed E-state index contributed by atoms with van der Waals surface area (Å²) in [7, 11) is -0.607. The van der Waals surface area contributed by atoms with Crippen molar-refractivity contribution in [1.82, 2.24) is 19.9 Å². The number of alkyl halides is 1. The Morgan fingerprint density at radius 1 is 0.981 bits per heavy atom. The lowest BCUT2D eigenvalue weighted by Gasteiger charge is -2.38. The number of anilines is 1. The standard InChI is InChI=1S/C41H51F2N5O3Si/c1-26(2)52(27(3)4,28(5)6)17-12-32-35(43)11-10-29-18-31(51-25-49-7)19-33(38(29)32)36-20-37-34(39(45-36)47-14-9-15-47)22-44-40(46-37)50-24-41-13-8-16-48(41)23-30(42)21-41/h10-11,18-20,22,26-28,30H,8-9,13-16,21,23-25H2,1-7H3/t30-,41+/m1/s1. The van der Waals surface area contributed by atoms with E-state index in [1.165, 1.54) is 6.07 Å². The highest BCUT2D eigenvalue weighted by atomic mass is 28.3. The van der Waals surface area contributed by atoms with Crippen LogP contribution in [0.5, 0.6) is 11.8 Å². The van der Waals surface area contributed by atoms with Gasteiger partial charge in [0.1, 0.15) is 38.2 Å². The molecule has 52 heavy (non-hydrogen) atoms. The molecule has 0 aliphatic carbocycles. The van der Waals surface area contributed by atoms with Crippen LogP contribution in [0, 0.1) is 17.3 Å². The van der Waals surface area contributed by atoms with Gasteiger partial charge in [-0.25, -0.2) is 18.7 Å². The first-order valence-electron chi connectivity index (χ1n) is 18.8. The third-order valence-electron chi connectivity index (χ3n) is 11.9. The number of pyridine rings is 1. The topological polar surface area (TPSA) is 72.8 Å². The second-order valence-corrected chi connectivity index (χ2v) is 21.4. The molecule has 0 amide bonds. The van der Waals surface area contributed by atoms with Gasteiger partial charge in [-0.05, 0) is 72.1 Å². The predicted octanol–water partition coefficient (Wildman–Crippen LogP) is 8.70. The fraction of sp³-hybridized carbons (Fsp3) is 0.537. The van der Waals surface area contributed by atoms with E-state index < -0.39 is 14.2 Å². The molecule has 5 heterocycles. The Labute approximate surface area is 307 Å². The summed E-state index contributed by atoms with van der Waals surface area (Å²) in [4.78, 5) is 19.2. The molecule has 0 radical (unpaired) electrons. The van der Waals surface area contributed by atoms with Gasteiger partial charge in [-0.15, -0.1) is 5.54 Å². The fourth-order valence-corrected chi connectivity index (χ4v) is 14.4. The minimum atomic E-state index is -2.19. The maximum absolute atomic E-state index is 16.2. The quantitative estimate of drug-likeness (QED) is 0.0864. The first-order chi connectivity index (χ1) is 25.0. The number of hydrogen-bond acceptors (Lipinski definition) is 8. The number of aromatic nitrogens is 3. The molecule has 0 saturated carbocycles. The minimum Gasteiger partial charge on any atom is -0.468 e. The molecule has 3 aliphatic rings. The van der Waals surface area contributed by atoms with Gasteiger partial charge in [0.2, 0.25) is 0 Å². The van der Waals surface area contributed by atoms with Crippen molar-refractivity contribution >= 4 is 35.6 Å². The van der Waals surface area contributed by atoms with Crippen molar-refractivity contribution < 1.29 is 23.0 Å². The van der Waals surface area contributed by atoms with Gasteiger partial charge in [0.15, 0.2) is 6.79 Å². The van der Waals surface area contributed by atoms with Crippen molar-refractivity contribution in [3.63, 3.8) is 0 Å². The molecule has 2 aromatic carbocycles. The smallest absolute Gasteiger partial charge is 0.316 e. The molecule has 2 aromatic heterocycles. The number of methoxy groups -OCH3 is 1. The van der Waals surface area contributed by atoms with Crippen molar-refractivity contribution in [2.75, 3.05) is 51.6 Å². The van der Waals surface area contributed by atoms with E-state index in [2.05, 4.69) is 67.8 Å². The first-order valence-corrected chi connectivity index (χ1v) is 21.0. The molecule has 3 fully saturated rings. The zero-order chi connectivity index (χ0) is 36.8. The summed E-state index contributed by atoms with van der Waals surface area (Å²) in [6.07, 6.45) is 4.41. The Hall–Kier alpha value is -3.85. The highest BCUT2D eigenvalue weighted by molar-refractivity contribution is 6.90. The zero-order valence-electron chi connectivity index (χ0n) is 31.6. The second kappa shape index (κ2) is 14.5. The minimum absolute atomic E-state index is 0.0598. The molecule has 2 atom stereocenters. The molecular weight excluding hydrogens is 677 g/mol. The lowest BCUT2D eigenvalue weighted by Crippen LogP contribution is -2.43. The average molecular weight is 728 g/mol. The number of halogens is 2. The second-order valence-electron chi connectivity index (χ2n) is 15.8. The van der Waals surface area contributed by atoms with Gasteiger partial charge in [0.25, 0.3) is 0 Å². The van der Waals surface area contributed by atoms with Gasteiger partial charge >= 0.3 is 6.01 Å². The summed E-state index contributed by atoms with van der Waals surface area (Å²) < 4.78 is 48.1. The Morgan fingerprint density at radius 2 is 1.75 bits per heavy atom. The van der Waals surface area contributed by atoms with Crippen LogP contribution in [0.1, 0.15) is 72.8 Å². The SMILES string of the molecule is COCOc1cc(-c2cc3nc(OC[C@@]45CCCN4C[C@H](F)C5)ncc3c(N3CCC3)n2)c2c(C#C[Si](C(C)C)(C(C)C)C(C)C)c(F)ccc2c1. The van der Waals surface area contributed by atoms with Crippen molar-refractivity contribution in [3.05, 3.63) is 47.9 Å². The van der Waals surface area contributed by atoms with E-state index in [0.29, 0.717) is 69.7 Å². The molecule has 0 spiro atoms. The van der Waals surface area contributed by atoms with E-state index in [1.54, 1.807) is 19.4 Å². The van der Waals surface area contributed by atoms with E-state index in [0.717, 1.165) is 55.5 Å². The normalized spacial score (nSPS) is 20.5. The lowest BCUT2D eigenvalue weighted by molar-refractivity contribution is 0.0512. The van der Waals surface area contributed by atoms with Crippen LogP contribution in [0.3, 0.4) is 0 Å². The lowest BCUT2D eigenvalue weighted by atomic mass is 9.95. The predicted molar refractivity (Wildman–Crippen MR) is 206 cm³/mol. The largest absolute Gasteiger partial charge is 0.468 e. The molecule has 3 saturated heterocycles. The molecule has 0 unspecified atom stereocenters. The van der Waals surface area contributed by atoms with E-state index in [4.69, 9.17) is 24.2 Å². The van der Waals surface area contributed by atoms with Crippen LogP contribution in [0.4, 0.5) is 14.6 Å². The van der Waals surface area contributed by atoms with Crippen LogP contribution in [0.25, 0.3) is 32.9 Å². The molecule has 4 aromatic rings. The summed E-state index contributed by atoms with van der Waals surface area (Å²) in [5, 5.41) is 2.29. The number of nitrogens with zero attached hydrogens (tertiary/aromatic N) is 5. The summed E-state index contributed by atoms with van der Waals surface area (Å²) >= 11 is 0. The van der Waals surface area contributed by atoms with E-state index >= 15 is 4.39 Å². The average Bonchev–Trinajstić information content (AvgIpc) is 3.61. The molecule has 276 valence electrons. The maximum Gasteiger partial charge on any atom is 0.316 e. The molecule has 8 nitrogen and oxygen atoms in total. The van der Waals surface area contributed by atoms with Crippen molar-refractivity contribution in [1.29, 1.82) is 0 Å². The van der Waals surface area contributed by atoms with Gasteiger partial charge in [-0.2, -0.15) is 4.98 Å². The van der Waals surface area contributed by atoms with Gasteiger partial charge < -0.3 is 19.1 Å². The Bertz CT molecular complexity index is 2010. The Kier molecular flexibility index (Phi) is 10.2. The van der Waals surface area contributed by atoms with Gasteiger partial charge in [-0.3, -0.25) is 4.90 Å². The van der Waals surface area contributed by atoms with Crippen LogP contribution < -0.4 is 14.4 Å². The van der Waals surface area contributed by atoms with Crippen LogP contribution in [-0.4, -0.2) is 86.3 Å². The number of hydrogen-bond donors (Lipinski definition) is 0. The maximum atomic E-state index is 16.2. The molecule has 3 aliphatic heterocycles. The number of ether oxygens (including phenoxy) is 3. The molecule has 11 heteroatoms. The van der Waals surface area contributed by atoms with Gasteiger partial charge in [-0.1, -0.05) is 53.5 Å². The van der Waals surface area contributed by atoms with Crippen molar-refractivity contribution in [2.24, 2.45) is 0 Å². The summed E-state index contributed by atoms with van der Waals surface area (Å²) in [6.45, 7) is 17.0. The first kappa shape index (κ1) is 36.5. The Balaban J connectivity index is 1.39. The highest BCUT2D eigenvalue weighted by Crippen LogP contribution is 2.43. The molecule has 0 bridgehead atoms.